The standard InChI is InChI=1S/C23H19N3O6/c1-12-10-16-17(20(27)26(12)11-13-6-5-9-31-13)23(18(19(24)32-16)21(28)30-2)14-7-3-4-8-15(14)25-22(23)29/h3-10H,11,24H2,1-2H3,(H,25,29)/t23-/m0/s1. The van der Waals surface area contributed by atoms with Crippen LogP contribution in [0.15, 0.2) is 69.4 Å². The van der Waals surface area contributed by atoms with E-state index in [0.717, 1.165) is 0 Å². The molecule has 162 valence electrons. The molecule has 4 heterocycles. The van der Waals surface area contributed by atoms with Crippen molar-refractivity contribution in [2.45, 2.75) is 18.9 Å². The van der Waals surface area contributed by atoms with Crippen molar-refractivity contribution in [3.63, 3.8) is 0 Å². The predicted molar refractivity (Wildman–Crippen MR) is 113 cm³/mol. The Morgan fingerprint density at radius 1 is 1.22 bits per heavy atom. The summed E-state index contributed by atoms with van der Waals surface area (Å²) in [7, 11) is 1.18. The molecule has 1 spiro atoms. The number of benzene rings is 1. The number of hydrogen-bond donors (Lipinski definition) is 2. The van der Waals surface area contributed by atoms with Gasteiger partial charge in [0.1, 0.15) is 22.5 Å². The summed E-state index contributed by atoms with van der Waals surface area (Å²) >= 11 is 0. The average Bonchev–Trinajstić information content (AvgIpc) is 3.37. The van der Waals surface area contributed by atoms with Gasteiger partial charge in [0, 0.05) is 23.0 Å². The first kappa shape index (κ1) is 19.7. The molecule has 0 aliphatic carbocycles. The SMILES string of the molecule is COC(=O)C1=C(N)Oc2cc(C)n(Cc3ccco3)c(=O)c2[C@]12C(=O)Nc1ccccc12. The van der Waals surface area contributed by atoms with Crippen molar-refractivity contribution in [2.75, 3.05) is 12.4 Å². The number of fused-ring (bicyclic) bond motifs is 4. The first-order valence-electron chi connectivity index (χ1n) is 9.84. The van der Waals surface area contributed by atoms with Crippen molar-refractivity contribution in [1.82, 2.24) is 4.57 Å². The van der Waals surface area contributed by atoms with Gasteiger partial charge in [-0.1, -0.05) is 18.2 Å². The molecule has 0 bridgehead atoms. The summed E-state index contributed by atoms with van der Waals surface area (Å²) in [4.78, 5) is 40.3. The number of carbonyl (C=O) groups is 2. The van der Waals surface area contributed by atoms with Crippen LogP contribution in [0.3, 0.4) is 0 Å². The number of ether oxygens (including phenoxy) is 2. The van der Waals surface area contributed by atoms with Crippen molar-refractivity contribution >= 4 is 17.6 Å². The number of rotatable bonds is 3. The molecule has 2 aliphatic heterocycles. The zero-order chi connectivity index (χ0) is 22.6. The second kappa shape index (κ2) is 6.88. The molecule has 5 rings (SSSR count). The summed E-state index contributed by atoms with van der Waals surface area (Å²) < 4.78 is 17.5. The molecular weight excluding hydrogens is 414 g/mol. The summed E-state index contributed by atoms with van der Waals surface area (Å²) in [6.07, 6.45) is 1.51. The van der Waals surface area contributed by atoms with Gasteiger partial charge in [0.2, 0.25) is 11.8 Å². The van der Waals surface area contributed by atoms with E-state index in [9.17, 15) is 14.4 Å². The van der Waals surface area contributed by atoms with E-state index in [-0.39, 0.29) is 29.3 Å². The molecule has 1 aromatic carbocycles. The number of hydrogen-bond acceptors (Lipinski definition) is 7. The van der Waals surface area contributed by atoms with Gasteiger partial charge >= 0.3 is 5.97 Å². The Bertz CT molecular complexity index is 1370. The van der Waals surface area contributed by atoms with E-state index in [0.29, 0.717) is 22.7 Å². The highest BCUT2D eigenvalue weighted by Gasteiger charge is 2.60. The second-order valence-electron chi connectivity index (χ2n) is 7.58. The van der Waals surface area contributed by atoms with Crippen molar-refractivity contribution in [3.8, 4) is 5.75 Å². The number of para-hydroxylation sites is 1. The van der Waals surface area contributed by atoms with Gasteiger partial charge < -0.3 is 29.5 Å². The van der Waals surface area contributed by atoms with Gasteiger partial charge in [0.05, 0.1) is 25.5 Å². The maximum absolute atomic E-state index is 13.9. The third-order valence-electron chi connectivity index (χ3n) is 5.89. The molecule has 0 saturated heterocycles. The second-order valence-corrected chi connectivity index (χ2v) is 7.58. The van der Waals surface area contributed by atoms with E-state index in [1.807, 2.05) is 0 Å². The van der Waals surface area contributed by atoms with E-state index in [4.69, 9.17) is 19.6 Å². The lowest BCUT2D eigenvalue weighted by Gasteiger charge is -2.35. The van der Waals surface area contributed by atoms with Gasteiger partial charge in [-0.25, -0.2) is 4.79 Å². The molecule has 2 aliphatic rings. The third kappa shape index (κ3) is 2.48. The highest BCUT2D eigenvalue weighted by atomic mass is 16.5. The number of amides is 1. The average molecular weight is 433 g/mol. The van der Waals surface area contributed by atoms with Crippen molar-refractivity contribution in [1.29, 1.82) is 0 Å². The summed E-state index contributed by atoms with van der Waals surface area (Å²) in [6.45, 7) is 1.87. The fraction of sp³-hybridized carbons (Fsp3) is 0.174. The smallest absolute Gasteiger partial charge is 0.340 e. The molecule has 9 nitrogen and oxygen atoms in total. The molecule has 0 radical (unpaired) electrons. The molecule has 0 unspecified atom stereocenters. The highest BCUT2D eigenvalue weighted by Crippen LogP contribution is 2.52. The van der Waals surface area contributed by atoms with Gasteiger partial charge in [0.25, 0.3) is 5.56 Å². The van der Waals surface area contributed by atoms with Gasteiger partial charge in [-0.05, 0) is 25.1 Å². The van der Waals surface area contributed by atoms with Gasteiger partial charge in [-0.2, -0.15) is 0 Å². The molecular formula is C23H19N3O6. The Hall–Kier alpha value is -4.27. The maximum Gasteiger partial charge on any atom is 0.340 e. The van der Waals surface area contributed by atoms with Crippen LogP contribution in [0, 0.1) is 6.92 Å². The summed E-state index contributed by atoms with van der Waals surface area (Å²) in [5.74, 6) is -1.07. The number of anilines is 1. The molecule has 3 aromatic rings. The minimum atomic E-state index is -1.82. The maximum atomic E-state index is 13.9. The number of aromatic nitrogens is 1. The molecule has 0 saturated carbocycles. The van der Waals surface area contributed by atoms with Gasteiger partial charge in [-0.3, -0.25) is 9.59 Å². The van der Waals surface area contributed by atoms with E-state index in [1.54, 1.807) is 49.4 Å². The first-order chi connectivity index (χ1) is 15.4. The van der Waals surface area contributed by atoms with Crippen LogP contribution in [0.4, 0.5) is 5.69 Å². The van der Waals surface area contributed by atoms with Crippen LogP contribution in [0.5, 0.6) is 5.75 Å². The Labute approximate surface area is 182 Å². The number of carbonyl (C=O) groups excluding carboxylic acids is 2. The molecule has 1 atom stereocenters. The first-order valence-corrected chi connectivity index (χ1v) is 9.84. The van der Waals surface area contributed by atoms with Crippen LogP contribution in [-0.4, -0.2) is 23.6 Å². The van der Waals surface area contributed by atoms with Crippen LogP contribution in [0.25, 0.3) is 0 Å². The minimum absolute atomic E-state index is 0.00768. The summed E-state index contributed by atoms with van der Waals surface area (Å²) in [5, 5.41) is 2.78. The van der Waals surface area contributed by atoms with Crippen LogP contribution in [0.1, 0.15) is 22.6 Å². The molecule has 0 fully saturated rings. The number of pyridine rings is 1. The molecule has 32 heavy (non-hydrogen) atoms. The fourth-order valence-electron chi connectivity index (χ4n) is 4.51. The van der Waals surface area contributed by atoms with Crippen molar-refractivity contribution in [3.05, 3.63) is 93.1 Å². The number of esters is 1. The number of nitrogens with two attached hydrogens (primary N) is 1. The van der Waals surface area contributed by atoms with Crippen LogP contribution >= 0.6 is 0 Å². The Morgan fingerprint density at radius 2 is 2.00 bits per heavy atom. The summed E-state index contributed by atoms with van der Waals surface area (Å²) in [6, 6.07) is 11.9. The quantitative estimate of drug-likeness (QED) is 0.603. The molecule has 9 heteroatoms. The number of nitrogens with one attached hydrogen (secondary N) is 1. The van der Waals surface area contributed by atoms with Crippen molar-refractivity contribution in [2.24, 2.45) is 5.73 Å². The number of aryl methyl sites for hydroxylation is 1. The minimum Gasteiger partial charge on any atom is -0.467 e. The summed E-state index contributed by atoms with van der Waals surface area (Å²) in [5.41, 5.74) is 5.04. The Morgan fingerprint density at radius 3 is 2.72 bits per heavy atom. The van der Waals surface area contributed by atoms with Crippen LogP contribution in [-0.2, 0) is 26.3 Å². The largest absolute Gasteiger partial charge is 0.467 e. The lowest BCUT2D eigenvalue weighted by molar-refractivity contribution is -0.138. The molecule has 3 N–H and O–H groups in total. The van der Waals surface area contributed by atoms with E-state index in [1.165, 1.54) is 17.9 Å². The van der Waals surface area contributed by atoms with Crippen LogP contribution in [0.2, 0.25) is 0 Å². The van der Waals surface area contributed by atoms with E-state index >= 15 is 0 Å². The fourth-order valence-corrected chi connectivity index (χ4v) is 4.51. The van der Waals surface area contributed by atoms with E-state index < -0.39 is 22.9 Å². The highest BCUT2D eigenvalue weighted by molar-refractivity contribution is 6.17. The van der Waals surface area contributed by atoms with Gasteiger partial charge in [0.15, 0.2) is 0 Å². The Balaban J connectivity index is 1.88. The zero-order valence-electron chi connectivity index (χ0n) is 17.3. The van der Waals surface area contributed by atoms with Crippen LogP contribution < -0.4 is 21.3 Å². The zero-order valence-corrected chi connectivity index (χ0v) is 17.3. The number of nitrogens with zero attached hydrogens (tertiary/aromatic N) is 1. The number of furan rings is 1. The third-order valence-corrected chi connectivity index (χ3v) is 5.89. The predicted octanol–water partition coefficient (Wildman–Crippen LogP) is 1.77. The lowest BCUT2D eigenvalue weighted by atomic mass is 9.68. The number of methoxy groups -OCH3 is 1. The topological polar surface area (TPSA) is 126 Å². The normalized spacial score (nSPS) is 18.8. The van der Waals surface area contributed by atoms with Crippen molar-refractivity contribution < 1.29 is 23.5 Å². The Kier molecular flexibility index (Phi) is 4.23. The monoisotopic (exact) mass is 433 g/mol. The van der Waals surface area contributed by atoms with Gasteiger partial charge in [-0.15, -0.1) is 0 Å². The lowest BCUT2D eigenvalue weighted by Crippen LogP contribution is -2.50. The van der Waals surface area contributed by atoms with E-state index in [2.05, 4.69) is 5.32 Å². The molecule has 1 amide bonds. The molecule has 2 aromatic heterocycles.